The van der Waals surface area contributed by atoms with Crippen molar-refractivity contribution in [1.82, 2.24) is 15.2 Å². The van der Waals surface area contributed by atoms with Gasteiger partial charge in [-0.05, 0) is 73.8 Å². The molecule has 1 amide bonds. The van der Waals surface area contributed by atoms with Gasteiger partial charge in [-0.3, -0.25) is 14.7 Å². The second-order valence-electron chi connectivity index (χ2n) is 8.04. The summed E-state index contributed by atoms with van der Waals surface area (Å²) in [4.78, 5) is 18.7. The summed E-state index contributed by atoms with van der Waals surface area (Å²) in [6, 6.07) is 11.8. The smallest absolute Gasteiger partial charge is 0.217 e. The molecule has 0 saturated carbocycles. The molecule has 0 unspecified atom stereocenters. The van der Waals surface area contributed by atoms with Crippen LogP contribution < -0.4 is 14.8 Å². The lowest BCUT2D eigenvalue weighted by atomic mass is 9.87. The van der Waals surface area contributed by atoms with Gasteiger partial charge in [0.2, 0.25) is 5.91 Å². The van der Waals surface area contributed by atoms with Crippen LogP contribution in [0, 0.1) is 5.92 Å². The molecule has 1 aromatic heterocycles. The number of hydrogen-bond donors (Lipinski definition) is 1. The number of ether oxygens (including phenoxy) is 2. The molecule has 4 rings (SSSR count). The standard InChI is InChI=1S/C24H29N3O3/c1-17(28)26-24(22-5-3-4-10-25-22)19-8-11-27(12-9-19)15-18-13-20-14-21(29-2)6-7-23(20)30-16-18/h3-7,10,13-14,19,24H,8-9,11-12,15-16H2,1-2H3,(H,26,28)/t24-/m1/s1. The van der Waals surface area contributed by atoms with Gasteiger partial charge in [0.05, 0.1) is 18.8 Å². The van der Waals surface area contributed by atoms with Crippen LogP contribution in [-0.4, -0.2) is 49.1 Å². The van der Waals surface area contributed by atoms with E-state index in [1.165, 1.54) is 5.57 Å². The van der Waals surface area contributed by atoms with Crippen molar-refractivity contribution in [3.63, 3.8) is 0 Å². The van der Waals surface area contributed by atoms with E-state index < -0.39 is 0 Å². The third-order valence-corrected chi connectivity index (χ3v) is 5.89. The Kier molecular flexibility index (Phi) is 6.33. The van der Waals surface area contributed by atoms with Gasteiger partial charge in [0.1, 0.15) is 18.1 Å². The van der Waals surface area contributed by atoms with Gasteiger partial charge in [-0.25, -0.2) is 0 Å². The average molecular weight is 408 g/mol. The van der Waals surface area contributed by atoms with Crippen molar-refractivity contribution in [2.45, 2.75) is 25.8 Å². The molecule has 1 aromatic carbocycles. The number of methoxy groups -OCH3 is 1. The van der Waals surface area contributed by atoms with Gasteiger partial charge < -0.3 is 14.8 Å². The highest BCUT2D eigenvalue weighted by atomic mass is 16.5. The van der Waals surface area contributed by atoms with Crippen molar-refractivity contribution in [3.05, 3.63) is 59.4 Å². The lowest BCUT2D eigenvalue weighted by molar-refractivity contribution is -0.120. The first kappa shape index (κ1) is 20.4. The lowest BCUT2D eigenvalue weighted by Crippen LogP contribution is -2.41. The monoisotopic (exact) mass is 407 g/mol. The number of benzene rings is 1. The van der Waals surface area contributed by atoms with Crippen molar-refractivity contribution in [2.75, 3.05) is 33.4 Å². The van der Waals surface area contributed by atoms with Gasteiger partial charge in [-0.1, -0.05) is 6.07 Å². The molecule has 3 heterocycles. The topological polar surface area (TPSA) is 63.7 Å². The van der Waals surface area contributed by atoms with Crippen LogP contribution in [0.5, 0.6) is 11.5 Å². The largest absolute Gasteiger partial charge is 0.497 e. The molecule has 0 spiro atoms. The van der Waals surface area contributed by atoms with Crippen molar-refractivity contribution in [2.24, 2.45) is 5.92 Å². The molecule has 2 aliphatic rings. The Bertz CT molecular complexity index is 905. The van der Waals surface area contributed by atoms with Gasteiger partial charge in [-0.15, -0.1) is 0 Å². The fraction of sp³-hybridized carbons (Fsp3) is 0.417. The summed E-state index contributed by atoms with van der Waals surface area (Å²) in [7, 11) is 1.68. The summed E-state index contributed by atoms with van der Waals surface area (Å²) < 4.78 is 11.3. The number of likely N-dealkylation sites (tertiary alicyclic amines) is 1. The highest BCUT2D eigenvalue weighted by Crippen LogP contribution is 2.32. The van der Waals surface area contributed by atoms with Gasteiger partial charge in [0, 0.05) is 25.2 Å². The predicted octanol–water partition coefficient (Wildman–Crippen LogP) is 3.46. The maximum atomic E-state index is 11.8. The van der Waals surface area contributed by atoms with Crippen LogP contribution in [0.2, 0.25) is 0 Å². The molecular weight excluding hydrogens is 378 g/mol. The highest BCUT2D eigenvalue weighted by Gasteiger charge is 2.29. The molecule has 0 bridgehead atoms. The summed E-state index contributed by atoms with van der Waals surface area (Å²) in [5, 5.41) is 3.12. The Morgan fingerprint density at radius 2 is 2.13 bits per heavy atom. The number of piperidine rings is 1. The second-order valence-corrected chi connectivity index (χ2v) is 8.04. The molecule has 1 N–H and O–H groups in total. The van der Waals surface area contributed by atoms with Gasteiger partial charge in [0.25, 0.3) is 0 Å². The number of rotatable bonds is 6. The first-order valence-electron chi connectivity index (χ1n) is 10.5. The van der Waals surface area contributed by atoms with Crippen molar-refractivity contribution >= 4 is 12.0 Å². The van der Waals surface area contributed by atoms with E-state index in [4.69, 9.17) is 9.47 Å². The SMILES string of the molecule is COc1ccc2c(c1)C=C(CN1CCC([C@@H](NC(C)=O)c3ccccn3)CC1)CO2. The maximum Gasteiger partial charge on any atom is 0.217 e. The Balaban J connectivity index is 1.38. The second kappa shape index (κ2) is 9.30. The number of aromatic nitrogens is 1. The quantitative estimate of drug-likeness (QED) is 0.795. The van der Waals surface area contributed by atoms with Crippen LogP contribution in [0.3, 0.4) is 0 Å². The van der Waals surface area contributed by atoms with E-state index >= 15 is 0 Å². The molecule has 158 valence electrons. The van der Waals surface area contributed by atoms with Crippen LogP contribution >= 0.6 is 0 Å². The zero-order valence-electron chi connectivity index (χ0n) is 17.6. The third-order valence-electron chi connectivity index (χ3n) is 5.89. The lowest BCUT2D eigenvalue weighted by Gasteiger charge is -2.36. The number of nitrogens with zero attached hydrogens (tertiary/aromatic N) is 2. The van der Waals surface area contributed by atoms with Crippen LogP contribution in [0.1, 0.15) is 37.1 Å². The average Bonchev–Trinajstić information content (AvgIpc) is 2.78. The normalized spacial score (nSPS) is 18.0. The minimum Gasteiger partial charge on any atom is -0.497 e. The third kappa shape index (κ3) is 4.82. The molecule has 6 nitrogen and oxygen atoms in total. The van der Waals surface area contributed by atoms with Crippen LogP contribution in [-0.2, 0) is 4.79 Å². The molecule has 1 saturated heterocycles. The van der Waals surface area contributed by atoms with Crippen LogP contribution in [0.4, 0.5) is 0 Å². The summed E-state index contributed by atoms with van der Waals surface area (Å²) >= 11 is 0. The summed E-state index contributed by atoms with van der Waals surface area (Å²) in [5.41, 5.74) is 3.30. The van der Waals surface area contributed by atoms with Crippen LogP contribution in [0.25, 0.3) is 6.08 Å². The van der Waals surface area contributed by atoms with Crippen LogP contribution in [0.15, 0.2) is 48.2 Å². The number of amides is 1. The van der Waals surface area contributed by atoms with Crippen molar-refractivity contribution in [1.29, 1.82) is 0 Å². The first-order chi connectivity index (χ1) is 14.6. The maximum absolute atomic E-state index is 11.8. The summed E-state index contributed by atoms with van der Waals surface area (Å²) in [6.45, 7) is 5.10. The molecule has 2 aromatic rings. The van der Waals surface area contributed by atoms with E-state index in [-0.39, 0.29) is 11.9 Å². The Hall–Kier alpha value is -2.86. The van der Waals surface area contributed by atoms with E-state index in [0.717, 1.165) is 55.2 Å². The van der Waals surface area contributed by atoms with E-state index in [1.54, 1.807) is 20.2 Å². The molecule has 0 radical (unpaired) electrons. The van der Waals surface area contributed by atoms with E-state index in [0.29, 0.717) is 12.5 Å². The van der Waals surface area contributed by atoms with Gasteiger partial charge in [-0.2, -0.15) is 0 Å². The Morgan fingerprint density at radius 1 is 1.30 bits per heavy atom. The number of carbonyl (C=O) groups is 1. The molecular formula is C24H29N3O3. The Labute approximate surface area is 177 Å². The Morgan fingerprint density at radius 3 is 2.83 bits per heavy atom. The molecule has 30 heavy (non-hydrogen) atoms. The fourth-order valence-electron chi connectivity index (χ4n) is 4.36. The van der Waals surface area contributed by atoms with E-state index in [1.807, 2.05) is 36.4 Å². The summed E-state index contributed by atoms with van der Waals surface area (Å²) in [5.74, 6) is 2.13. The molecule has 1 atom stereocenters. The highest BCUT2D eigenvalue weighted by molar-refractivity contribution is 5.73. The minimum atomic E-state index is -0.0255. The minimum absolute atomic E-state index is 0.00770. The number of nitrogens with one attached hydrogen (secondary N) is 1. The van der Waals surface area contributed by atoms with E-state index in [9.17, 15) is 4.79 Å². The molecule has 6 heteroatoms. The zero-order chi connectivity index (χ0) is 20.9. The predicted molar refractivity (Wildman–Crippen MR) is 116 cm³/mol. The van der Waals surface area contributed by atoms with Gasteiger partial charge in [0.15, 0.2) is 0 Å². The number of pyridine rings is 1. The molecule has 2 aliphatic heterocycles. The van der Waals surface area contributed by atoms with E-state index in [2.05, 4.69) is 21.3 Å². The summed E-state index contributed by atoms with van der Waals surface area (Å²) in [6.07, 6.45) is 6.07. The molecule has 1 fully saturated rings. The van der Waals surface area contributed by atoms with Crippen molar-refractivity contribution < 1.29 is 14.3 Å². The molecule has 0 aliphatic carbocycles. The zero-order valence-corrected chi connectivity index (χ0v) is 17.6. The number of hydrogen-bond acceptors (Lipinski definition) is 5. The number of fused-ring (bicyclic) bond motifs is 1. The fourth-order valence-corrected chi connectivity index (χ4v) is 4.36. The van der Waals surface area contributed by atoms with Gasteiger partial charge >= 0.3 is 0 Å². The first-order valence-corrected chi connectivity index (χ1v) is 10.5. The number of carbonyl (C=O) groups excluding carboxylic acids is 1. The van der Waals surface area contributed by atoms with Crippen molar-refractivity contribution in [3.8, 4) is 11.5 Å².